The van der Waals surface area contributed by atoms with Gasteiger partial charge >= 0.3 is 0 Å². The number of aromatic nitrogens is 3. The number of hydrogen-bond donors (Lipinski definition) is 1. The molecule has 0 aliphatic heterocycles. The zero-order chi connectivity index (χ0) is 14.8. The first-order valence-electron chi connectivity index (χ1n) is 6.40. The van der Waals surface area contributed by atoms with E-state index in [4.69, 9.17) is 4.74 Å². The van der Waals surface area contributed by atoms with Crippen LogP contribution in [-0.2, 0) is 6.54 Å². The molecule has 7 heteroatoms. The summed E-state index contributed by atoms with van der Waals surface area (Å²) in [6, 6.07) is 9.13. The van der Waals surface area contributed by atoms with Crippen molar-refractivity contribution in [3.05, 3.63) is 51.4 Å². The molecule has 2 heterocycles. The average molecular weight is 302 g/mol. The van der Waals surface area contributed by atoms with Gasteiger partial charge in [0.25, 0.3) is 5.56 Å². The Morgan fingerprint density at radius 2 is 2.19 bits per heavy atom. The lowest BCUT2D eigenvalue weighted by molar-refractivity contribution is 0.416. The second kappa shape index (κ2) is 5.53. The molecule has 0 saturated carbocycles. The molecule has 0 radical (unpaired) electrons. The molecule has 0 saturated heterocycles. The number of para-hydroxylation sites is 2. The van der Waals surface area contributed by atoms with Crippen molar-refractivity contribution >= 4 is 22.0 Å². The number of rotatable bonds is 4. The van der Waals surface area contributed by atoms with Gasteiger partial charge in [0.15, 0.2) is 0 Å². The van der Waals surface area contributed by atoms with E-state index in [2.05, 4.69) is 15.4 Å². The van der Waals surface area contributed by atoms with Gasteiger partial charge in [0.05, 0.1) is 19.3 Å². The van der Waals surface area contributed by atoms with Crippen LogP contribution in [0.1, 0.15) is 10.7 Å². The van der Waals surface area contributed by atoms with Crippen molar-refractivity contribution in [1.29, 1.82) is 0 Å². The molecule has 3 rings (SSSR count). The van der Waals surface area contributed by atoms with Gasteiger partial charge in [-0.25, -0.2) is 4.98 Å². The van der Waals surface area contributed by atoms with E-state index < -0.39 is 0 Å². The van der Waals surface area contributed by atoms with E-state index in [0.29, 0.717) is 17.2 Å². The maximum Gasteiger partial charge on any atom is 0.275 e. The number of ether oxygens (including phenoxy) is 1. The fourth-order valence-corrected chi connectivity index (χ4v) is 2.88. The maximum absolute atomic E-state index is 11.8. The summed E-state index contributed by atoms with van der Waals surface area (Å²) < 4.78 is 6.61. The molecule has 1 aromatic carbocycles. The number of fused-ring (bicyclic) bond motifs is 1. The van der Waals surface area contributed by atoms with E-state index in [1.165, 1.54) is 21.9 Å². The van der Waals surface area contributed by atoms with Gasteiger partial charge in [-0.1, -0.05) is 23.5 Å². The normalized spacial score (nSPS) is 10.8. The molecule has 0 atom stereocenters. The quantitative estimate of drug-likeness (QED) is 0.799. The molecule has 0 spiro atoms. The van der Waals surface area contributed by atoms with Crippen molar-refractivity contribution < 1.29 is 4.74 Å². The van der Waals surface area contributed by atoms with Crippen molar-refractivity contribution in [1.82, 2.24) is 14.6 Å². The van der Waals surface area contributed by atoms with Gasteiger partial charge in [-0.3, -0.25) is 4.79 Å². The third-order valence-electron chi connectivity index (χ3n) is 2.95. The molecule has 0 aliphatic carbocycles. The number of aryl methyl sites for hydroxylation is 1. The number of anilines is 1. The van der Waals surface area contributed by atoms with Gasteiger partial charge in [0.1, 0.15) is 10.8 Å². The first kappa shape index (κ1) is 13.6. The minimum absolute atomic E-state index is 0.155. The van der Waals surface area contributed by atoms with Gasteiger partial charge in [-0.05, 0) is 19.1 Å². The van der Waals surface area contributed by atoms with Crippen LogP contribution in [-0.4, -0.2) is 21.7 Å². The number of hydrogen-bond acceptors (Lipinski definition) is 6. The Balaban J connectivity index is 1.85. The number of nitrogens with one attached hydrogen (secondary N) is 1. The Labute approximate surface area is 125 Å². The Morgan fingerprint density at radius 1 is 1.38 bits per heavy atom. The van der Waals surface area contributed by atoms with Crippen LogP contribution in [0, 0.1) is 6.92 Å². The first-order chi connectivity index (χ1) is 10.2. The fourth-order valence-electron chi connectivity index (χ4n) is 1.99. The molecule has 108 valence electrons. The van der Waals surface area contributed by atoms with Crippen LogP contribution in [0.2, 0.25) is 0 Å². The van der Waals surface area contributed by atoms with Crippen LogP contribution in [0.3, 0.4) is 0 Å². The van der Waals surface area contributed by atoms with E-state index in [0.717, 1.165) is 16.4 Å². The molecule has 2 aromatic heterocycles. The summed E-state index contributed by atoms with van der Waals surface area (Å²) in [5.74, 6) is 0.768. The van der Waals surface area contributed by atoms with Gasteiger partial charge in [0, 0.05) is 11.8 Å². The van der Waals surface area contributed by atoms with Crippen LogP contribution < -0.4 is 15.6 Å². The van der Waals surface area contributed by atoms with Gasteiger partial charge in [-0.2, -0.15) is 9.61 Å². The van der Waals surface area contributed by atoms with Crippen molar-refractivity contribution in [3.63, 3.8) is 0 Å². The molecular weight excluding hydrogens is 288 g/mol. The SMILES string of the molecule is COc1ccccc1NCc1nn2c(=O)cc(C)nc2s1. The Kier molecular flexibility index (Phi) is 3.57. The fraction of sp³-hybridized carbons (Fsp3) is 0.214. The third-order valence-corrected chi connectivity index (χ3v) is 3.86. The average Bonchev–Trinajstić information content (AvgIpc) is 2.88. The van der Waals surface area contributed by atoms with Crippen LogP contribution in [0.4, 0.5) is 5.69 Å². The van der Waals surface area contributed by atoms with Crippen molar-refractivity contribution in [2.24, 2.45) is 0 Å². The summed E-state index contributed by atoms with van der Waals surface area (Å²) in [5, 5.41) is 8.32. The lowest BCUT2D eigenvalue weighted by atomic mass is 10.3. The first-order valence-corrected chi connectivity index (χ1v) is 7.22. The summed E-state index contributed by atoms with van der Waals surface area (Å²) in [7, 11) is 1.63. The van der Waals surface area contributed by atoms with E-state index >= 15 is 0 Å². The van der Waals surface area contributed by atoms with E-state index in [9.17, 15) is 4.79 Å². The number of nitrogens with zero attached hydrogens (tertiary/aromatic N) is 3. The summed E-state index contributed by atoms with van der Waals surface area (Å²) in [5.41, 5.74) is 1.43. The molecule has 21 heavy (non-hydrogen) atoms. The van der Waals surface area contributed by atoms with Crippen LogP contribution in [0.5, 0.6) is 5.75 Å². The lowest BCUT2D eigenvalue weighted by Gasteiger charge is -2.08. The largest absolute Gasteiger partial charge is 0.495 e. The van der Waals surface area contributed by atoms with Crippen LogP contribution in [0.15, 0.2) is 35.1 Å². The molecule has 6 nitrogen and oxygen atoms in total. The van der Waals surface area contributed by atoms with Gasteiger partial charge in [0.2, 0.25) is 4.96 Å². The minimum Gasteiger partial charge on any atom is -0.495 e. The minimum atomic E-state index is -0.155. The predicted octanol–water partition coefficient (Wildman–Crippen LogP) is 2.08. The number of methoxy groups -OCH3 is 1. The molecule has 0 bridgehead atoms. The van der Waals surface area contributed by atoms with E-state index in [-0.39, 0.29) is 5.56 Å². The van der Waals surface area contributed by atoms with Gasteiger partial charge < -0.3 is 10.1 Å². The zero-order valence-corrected chi connectivity index (χ0v) is 12.5. The predicted molar refractivity (Wildman–Crippen MR) is 82.2 cm³/mol. The van der Waals surface area contributed by atoms with Crippen LogP contribution in [0.25, 0.3) is 4.96 Å². The molecule has 3 aromatic rings. The summed E-state index contributed by atoms with van der Waals surface area (Å²) in [4.78, 5) is 16.7. The van der Waals surface area contributed by atoms with Gasteiger partial charge in [-0.15, -0.1) is 0 Å². The zero-order valence-electron chi connectivity index (χ0n) is 11.7. The summed E-state index contributed by atoms with van der Waals surface area (Å²) in [6.07, 6.45) is 0. The molecule has 0 aliphatic rings. The maximum atomic E-state index is 11.8. The topological polar surface area (TPSA) is 68.5 Å². The molecule has 0 amide bonds. The Hall–Kier alpha value is -2.41. The monoisotopic (exact) mass is 302 g/mol. The Morgan fingerprint density at radius 3 is 3.00 bits per heavy atom. The molecule has 1 N–H and O–H groups in total. The molecule has 0 fully saturated rings. The van der Waals surface area contributed by atoms with Crippen molar-refractivity contribution in [2.75, 3.05) is 12.4 Å². The molecular formula is C14H14N4O2S. The summed E-state index contributed by atoms with van der Waals surface area (Å²) in [6.45, 7) is 2.31. The second-order valence-electron chi connectivity index (χ2n) is 4.48. The molecule has 0 unspecified atom stereocenters. The van der Waals surface area contributed by atoms with Crippen molar-refractivity contribution in [2.45, 2.75) is 13.5 Å². The second-order valence-corrected chi connectivity index (χ2v) is 5.52. The highest BCUT2D eigenvalue weighted by Gasteiger charge is 2.08. The smallest absolute Gasteiger partial charge is 0.275 e. The Bertz CT molecular complexity index is 840. The highest BCUT2D eigenvalue weighted by atomic mass is 32.1. The van der Waals surface area contributed by atoms with Crippen LogP contribution >= 0.6 is 11.3 Å². The van der Waals surface area contributed by atoms with E-state index in [1.54, 1.807) is 14.0 Å². The highest BCUT2D eigenvalue weighted by molar-refractivity contribution is 7.16. The third kappa shape index (κ3) is 2.73. The summed E-state index contributed by atoms with van der Waals surface area (Å²) >= 11 is 1.40. The van der Waals surface area contributed by atoms with Crippen molar-refractivity contribution in [3.8, 4) is 5.75 Å². The lowest BCUT2D eigenvalue weighted by Crippen LogP contribution is -2.14. The van der Waals surface area contributed by atoms with E-state index in [1.807, 2.05) is 24.3 Å². The number of benzene rings is 1. The standard InChI is InChI=1S/C14H14N4O2S/c1-9-7-13(19)18-14(16-9)21-12(17-18)8-15-10-5-3-4-6-11(10)20-2/h3-7,15H,8H2,1-2H3. The highest BCUT2D eigenvalue weighted by Crippen LogP contribution is 2.24.